The average Bonchev–Trinajstić information content (AvgIpc) is 2.88. The molecule has 23 heavy (non-hydrogen) atoms. The van der Waals surface area contributed by atoms with Crippen LogP contribution in [0, 0.1) is 23.3 Å². The fourth-order valence-electron chi connectivity index (χ4n) is 2.14. The molecule has 0 N–H and O–H groups in total. The zero-order chi connectivity index (χ0) is 16.7. The van der Waals surface area contributed by atoms with E-state index in [4.69, 9.17) is 23.2 Å². The van der Waals surface area contributed by atoms with Crippen molar-refractivity contribution < 1.29 is 17.6 Å². The van der Waals surface area contributed by atoms with Gasteiger partial charge in [-0.1, -0.05) is 11.6 Å². The fourth-order valence-corrected chi connectivity index (χ4v) is 2.49. The number of benzene rings is 2. The Hall–Kier alpha value is -2.05. The summed E-state index contributed by atoms with van der Waals surface area (Å²) in [5, 5.41) is -0.306. The molecule has 0 atom stereocenters. The molecule has 2 nitrogen and oxygen atoms in total. The first-order chi connectivity index (χ1) is 10.9. The topological polar surface area (TPSA) is 17.8 Å². The Morgan fingerprint density at radius 2 is 1.57 bits per heavy atom. The monoisotopic (exact) mass is 360 g/mol. The van der Waals surface area contributed by atoms with Crippen LogP contribution in [0.2, 0.25) is 10.3 Å². The van der Waals surface area contributed by atoms with Crippen LogP contribution in [0.5, 0.6) is 0 Å². The smallest absolute Gasteiger partial charge is 0.207 e. The van der Waals surface area contributed by atoms with Crippen molar-refractivity contribution in [2.75, 3.05) is 0 Å². The maximum Gasteiger partial charge on any atom is 0.207 e. The number of halogens is 6. The van der Waals surface area contributed by atoms with Crippen molar-refractivity contribution in [1.29, 1.82) is 0 Å². The number of hydrogen-bond acceptors (Lipinski definition) is 1. The molecule has 0 aliphatic heterocycles. The Morgan fingerprint density at radius 3 is 2.26 bits per heavy atom. The van der Waals surface area contributed by atoms with Crippen molar-refractivity contribution in [2.45, 2.75) is 0 Å². The maximum atomic E-state index is 14.0. The van der Waals surface area contributed by atoms with E-state index in [0.29, 0.717) is 6.07 Å². The van der Waals surface area contributed by atoms with Crippen LogP contribution in [-0.4, -0.2) is 9.55 Å². The first kappa shape index (κ1) is 15.8. The van der Waals surface area contributed by atoms with E-state index in [-0.39, 0.29) is 21.7 Å². The average molecular weight is 361 g/mol. The van der Waals surface area contributed by atoms with Crippen molar-refractivity contribution >= 4 is 23.2 Å². The second-order valence-electron chi connectivity index (χ2n) is 4.56. The summed E-state index contributed by atoms with van der Waals surface area (Å²) >= 11 is 11.5. The highest BCUT2D eigenvalue weighted by atomic mass is 35.5. The van der Waals surface area contributed by atoms with Gasteiger partial charge in [0.25, 0.3) is 0 Å². The van der Waals surface area contributed by atoms with E-state index in [1.54, 1.807) is 0 Å². The molecule has 2 aromatic carbocycles. The molecular formula is C15H6Cl2F4N2. The van der Waals surface area contributed by atoms with Gasteiger partial charge in [0.1, 0.15) is 11.6 Å². The van der Waals surface area contributed by atoms with Crippen LogP contribution >= 0.6 is 23.2 Å². The molecule has 118 valence electrons. The van der Waals surface area contributed by atoms with Gasteiger partial charge in [0.2, 0.25) is 5.28 Å². The van der Waals surface area contributed by atoms with Crippen molar-refractivity contribution in [2.24, 2.45) is 0 Å². The highest BCUT2D eigenvalue weighted by molar-refractivity contribution is 6.30. The molecular weight excluding hydrogens is 355 g/mol. The van der Waals surface area contributed by atoms with Gasteiger partial charge in [-0.2, -0.15) is 0 Å². The van der Waals surface area contributed by atoms with E-state index in [1.807, 2.05) is 0 Å². The second-order valence-corrected chi connectivity index (χ2v) is 5.31. The van der Waals surface area contributed by atoms with E-state index in [1.165, 1.54) is 12.1 Å². The first-order valence-corrected chi connectivity index (χ1v) is 6.98. The summed E-state index contributed by atoms with van der Waals surface area (Å²) < 4.78 is 56.1. The summed E-state index contributed by atoms with van der Waals surface area (Å²) in [6.45, 7) is 0. The van der Waals surface area contributed by atoms with Crippen LogP contribution in [-0.2, 0) is 0 Å². The van der Waals surface area contributed by atoms with E-state index in [2.05, 4.69) is 4.98 Å². The van der Waals surface area contributed by atoms with Gasteiger partial charge in [-0.25, -0.2) is 22.5 Å². The summed E-state index contributed by atoms with van der Waals surface area (Å²) in [6.07, 6.45) is 1.07. The van der Waals surface area contributed by atoms with Crippen LogP contribution < -0.4 is 0 Å². The van der Waals surface area contributed by atoms with Gasteiger partial charge in [-0.3, -0.25) is 4.57 Å². The molecule has 8 heteroatoms. The lowest BCUT2D eigenvalue weighted by molar-refractivity contribution is 0.498. The number of hydrogen-bond donors (Lipinski definition) is 0. The van der Waals surface area contributed by atoms with Gasteiger partial charge >= 0.3 is 0 Å². The van der Waals surface area contributed by atoms with E-state index < -0.39 is 28.8 Å². The molecule has 0 aliphatic carbocycles. The minimum atomic E-state index is -1.39. The largest absolute Gasteiger partial charge is 0.283 e. The molecule has 0 fully saturated rings. The molecule has 0 spiro atoms. The van der Waals surface area contributed by atoms with E-state index >= 15 is 0 Å². The van der Waals surface area contributed by atoms with Crippen LogP contribution in [0.3, 0.4) is 0 Å². The highest BCUT2D eigenvalue weighted by Crippen LogP contribution is 2.32. The molecule has 0 aliphatic rings. The molecule has 0 saturated heterocycles. The van der Waals surface area contributed by atoms with E-state index in [9.17, 15) is 17.6 Å². The maximum absolute atomic E-state index is 14.0. The third-order valence-electron chi connectivity index (χ3n) is 3.18. The molecule has 0 radical (unpaired) electrons. The summed E-state index contributed by atoms with van der Waals surface area (Å²) in [6, 6.07) is 5.11. The highest BCUT2D eigenvalue weighted by Gasteiger charge is 2.22. The van der Waals surface area contributed by atoms with Crippen molar-refractivity contribution in [3.63, 3.8) is 0 Å². The zero-order valence-electron chi connectivity index (χ0n) is 11.1. The summed E-state index contributed by atoms with van der Waals surface area (Å²) in [5.41, 5.74) is -0.682. The Kier molecular flexibility index (Phi) is 4.04. The van der Waals surface area contributed by atoms with Gasteiger partial charge in [0, 0.05) is 0 Å². The van der Waals surface area contributed by atoms with E-state index in [0.717, 1.165) is 22.9 Å². The molecule has 1 aromatic heterocycles. The summed E-state index contributed by atoms with van der Waals surface area (Å²) in [7, 11) is 0. The van der Waals surface area contributed by atoms with Gasteiger partial charge < -0.3 is 0 Å². The molecule has 0 bridgehead atoms. The van der Waals surface area contributed by atoms with Crippen LogP contribution in [0.1, 0.15) is 0 Å². The molecule has 0 saturated carbocycles. The second kappa shape index (κ2) is 5.86. The Bertz CT molecular complexity index is 909. The van der Waals surface area contributed by atoms with Crippen molar-refractivity contribution in [3.8, 4) is 16.9 Å². The standard InChI is InChI=1S/C15H6Cl2F4N2/c16-8-2-1-7(5-11(8)20)23-12(6-22-15(23)17)13-9(18)3-4-10(19)14(13)21/h1-6H. The van der Waals surface area contributed by atoms with Crippen molar-refractivity contribution in [1.82, 2.24) is 9.55 Å². The minimum absolute atomic E-state index is 0.130. The molecule has 3 rings (SSSR count). The normalized spacial score (nSPS) is 11.0. The zero-order valence-corrected chi connectivity index (χ0v) is 12.6. The molecule has 0 unspecified atom stereocenters. The van der Waals surface area contributed by atoms with Crippen LogP contribution in [0.25, 0.3) is 16.9 Å². The fraction of sp³-hybridized carbons (Fsp3) is 0. The minimum Gasteiger partial charge on any atom is -0.283 e. The molecule has 1 heterocycles. The predicted octanol–water partition coefficient (Wildman–Crippen LogP) is 5.40. The van der Waals surface area contributed by atoms with Crippen LogP contribution in [0.4, 0.5) is 17.6 Å². The van der Waals surface area contributed by atoms with Crippen LogP contribution in [0.15, 0.2) is 36.5 Å². The Labute approximate surface area is 137 Å². The lowest BCUT2D eigenvalue weighted by atomic mass is 10.1. The van der Waals surface area contributed by atoms with Crippen molar-refractivity contribution in [3.05, 3.63) is 70.1 Å². The molecule has 3 aromatic rings. The van der Waals surface area contributed by atoms with Gasteiger partial charge in [0.15, 0.2) is 11.6 Å². The number of imidazole rings is 1. The first-order valence-electron chi connectivity index (χ1n) is 6.22. The Balaban J connectivity index is 2.28. The predicted molar refractivity (Wildman–Crippen MR) is 78.9 cm³/mol. The quantitative estimate of drug-likeness (QED) is 0.441. The third-order valence-corrected chi connectivity index (χ3v) is 3.75. The van der Waals surface area contributed by atoms with Gasteiger partial charge in [-0.15, -0.1) is 0 Å². The Morgan fingerprint density at radius 1 is 0.870 bits per heavy atom. The molecule has 0 amide bonds. The SMILES string of the molecule is Fc1cc(-n2c(-c3c(F)ccc(F)c3F)cnc2Cl)ccc1Cl. The number of aromatic nitrogens is 2. The lowest BCUT2D eigenvalue weighted by Gasteiger charge is -2.12. The number of rotatable bonds is 2. The summed E-state index contributed by atoms with van der Waals surface area (Å²) in [4.78, 5) is 3.75. The van der Waals surface area contributed by atoms with Gasteiger partial charge in [-0.05, 0) is 41.9 Å². The third kappa shape index (κ3) is 2.68. The summed E-state index contributed by atoms with van der Waals surface area (Å²) in [5.74, 6) is -4.37. The number of nitrogens with zero attached hydrogens (tertiary/aromatic N) is 2. The lowest BCUT2D eigenvalue weighted by Crippen LogP contribution is -2.02. The van der Waals surface area contributed by atoms with Gasteiger partial charge in [0.05, 0.1) is 28.2 Å².